The Morgan fingerprint density at radius 1 is 0.490 bits per heavy atom. The van der Waals surface area contributed by atoms with E-state index in [9.17, 15) is 5.11 Å². The number of aryl methyl sites for hydroxylation is 1. The van der Waals surface area contributed by atoms with Gasteiger partial charge in [-0.05, 0) is 42.9 Å². The van der Waals surface area contributed by atoms with Crippen molar-refractivity contribution in [3.05, 3.63) is 29.3 Å². The fraction of sp³-hybridized carbons (Fsp3) is 0.818. The van der Waals surface area contributed by atoms with Crippen molar-refractivity contribution >= 4 is 40.5 Å². The van der Waals surface area contributed by atoms with Crippen molar-refractivity contribution in [2.75, 3.05) is 5.32 Å². The molecular weight excluding hydrogens is 718 g/mol. The quantitative estimate of drug-likeness (QED) is 0.0404. The van der Waals surface area contributed by atoms with Crippen LogP contribution >= 0.6 is 24.4 Å². The average molecular weight is 799 g/mol. The molecule has 0 aromatic heterocycles. The van der Waals surface area contributed by atoms with E-state index in [2.05, 4.69) is 49.2 Å². The second-order valence-corrected chi connectivity index (χ2v) is 15.6. The van der Waals surface area contributed by atoms with Gasteiger partial charge in [-0.2, -0.15) is 0 Å². The van der Waals surface area contributed by atoms with Crippen molar-refractivity contribution in [3.63, 3.8) is 0 Å². The molecule has 0 aliphatic carbocycles. The zero-order valence-corrected chi connectivity index (χ0v) is 38.3. The van der Waals surface area contributed by atoms with Crippen LogP contribution < -0.4 is 21.3 Å². The third-order valence-corrected chi connectivity index (χ3v) is 10.2. The Morgan fingerprint density at radius 3 is 1.06 bits per heavy atom. The molecule has 0 radical (unpaired) electrons. The second kappa shape index (κ2) is 42.0. The van der Waals surface area contributed by atoms with Gasteiger partial charge in [0.05, 0.1) is 0 Å². The van der Waals surface area contributed by atoms with Crippen molar-refractivity contribution in [3.8, 4) is 0 Å². The van der Waals surface area contributed by atoms with E-state index >= 15 is 0 Å². The third kappa shape index (κ3) is 38.8. The molecule has 0 saturated heterocycles. The van der Waals surface area contributed by atoms with Gasteiger partial charge in [-0.3, -0.25) is 0 Å². The second-order valence-electron chi connectivity index (χ2n) is 14.8. The Hall–Kier alpha value is -0.777. The molecule has 1 aromatic carbocycles. The van der Waals surface area contributed by atoms with Gasteiger partial charge in [-0.25, -0.2) is 0 Å². The van der Waals surface area contributed by atoms with Crippen LogP contribution in [0.4, 0.5) is 5.69 Å². The zero-order valence-electron chi connectivity index (χ0n) is 33.7. The van der Waals surface area contributed by atoms with Gasteiger partial charge in [-0.1, -0.05) is 243 Å². The van der Waals surface area contributed by atoms with Gasteiger partial charge in [0.1, 0.15) is 0 Å². The van der Waals surface area contributed by atoms with E-state index in [1.807, 2.05) is 6.07 Å². The molecule has 0 saturated carbocycles. The fourth-order valence-electron chi connectivity index (χ4n) is 7.10. The Labute approximate surface area is 340 Å². The van der Waals surface area contributed by atoms with Crippen molar-refractivity contribution in [2.45, 2.75) is 232 Å². The van der Waals surface area contributed by atoms with Crippen LogP contribution in [0, 0.1) is 0 Å². The number of anilines is 1. The predicted molar refractivity (Wildman–Crippen MR) is 226 cm³/mol. The standard InChI is InChI=1S/C43H79NOS.CH3NOS.Zn/c1-3-5-7-9-11-13-15-17-19-21-23-25-27-29-31-33-36-40-37-35-39-42(44-43(45)46)41(40)38-34-32-30-28-26-24-22-20-18-16-14-12-10-8-6-4-2;2-1(3)4;/h35,37,39H,3-34,36,38H2,1-2H3,(H2,44,45,46);(H3,2,3,4);/q;;+2/p-2. The topological polar surface area (TPSA) is 84.2 Å². The molecule has 1 rings (SSSR count). The Morgan fingerprint density at radius 2 is 0.765 bits per heavy atom. The Bertz CT molecular complexity index is 898. The molecule has 292 valence electrons. The Balaban J connectivity index is 0. The minimum absolute atomic E-state index is 0. The first-order valence-corrected chi connectivity index (χ1v) is 22.3. The molecule has 1 aromatic rings. The van der Waals surface area contributed by atoms with E-state index in [0.717, 1.165) is 18.5 Å². The number of hydrogen-bond donors (Lipinski definition) is 2. The summed E-state index contributed by atoms with van der Waals surface area (Å²) in [4.78, 5) is 0. The summed E-state index contributed by atoms with van der Waals surface area (Å²) in [5.41, 5.74) is 8.00. The van der Waals surface area contributed by atoms with E-state index in [1.165, 1.54) is 217 Å². The van der Waals surface area contributed by atoms with Crippen LogP contribution in [-0.4, -0.2) is 10.3 Å². The molecule has 7 heteroatoms. The molecule has 4 nitrogen and oxygen atoms in total. The summed E-state index contributed by atoms with van der Waals surface area (Å²) in [6.07, 6.45) is 46.9. The summed E-state index contributed by atoms with van der Waals surface area (Å²) in [5, 5.41) is 22.6. The number of nitrogens with one attached hydrogen (secondary N) is 1. The summed E-state index contributed by atoms with van der Waals surface area (Å²) in [5.74, 6) is 0. The average Bonchev–Trinajstić information content (AvgIpc) is 3.08. The summed E-state index contributed by atoms with van der Waals surface area (Å²) < 4.78 is 0. The first-order chi connectivity index (χ1) is 24.4. The maximum Gasteiger partial charge on any atom is 2.00 e. The number of hydrogen-bond acceptors (Lipinski definition) is 4. The summed E-state index contributed by atoms with van der Waals surface area (Å²) in [6, 6.07) is 6.43. The number of unbranched alkanes of at least 4 members (excludes halogenated alkanes) is 30. The molecule has 0 amide bonds. The molecular formula is C44H80N2O2S2Zn. The zero-order chi connectivity index (χ0) is 36.8. The molecule has 0 atom stereocenters. The fourth-order valence-corrected chi connectivity index (χ4v) is 7.21. The van der Waals surface area contributed by atoms with Gasteiger partial charge in [0.2, 0.25) is 0 Å². The molecule has 0 bridgehead atoms. The molecule has 0 aliphatic rings. The molecule has 0 spiro atoms. The smallest absolute Gasteiger partial charge is 0.852 e. The van der Waals surface area contributed by atoms with Gasteiger partial charge in [-0.15, -0.1) is 0 Å². The molecule has 51 heavy (non-hydrogen) atoms. The number of nitrogens with two attached hydrogens (primary N) is 1. The van der Waals surface area contributed by atoms with E-state index < -0.39 is 5.17 Å². The monoisotopic (exact) mass is 796 g/mol. The third-order valence-electron chi connectivity index (χ3n) is 10.1. The van der Waals surface area contributed by atoms with Gasteiger partial charge < -0.3 is 21.3 Å². The molecule has 0 heterocycles. The minimum atomic E-state index is -0.750. The summed E-state index contributed by atoms with van der Waals surface area (Å²) >= 11 is 8.64. The summed E-state index contributed by atoms with van der Waals surface area (Å²) in [6.45, 7) is 4.59. The first-order valence-electron chi connectivity index (χ1n) is 21.5. The van der Waals surface area contributed by atoms with E-state index in [-0.39, 0.29) is 24.7 Å². The predicted octanol–water partition coefficient (Wildman–Crippen LogP) is 12.9. The maximum atomic E-state index is 11.7. The van der Waals surface area contributed by atoms with Crippen molar-refractivity contribution in [2.24, 2.45) is 5.73 Å². The SMILES string of the molecule is CCCCCCCCCCCCCCCCCCc1cccc(NC([O-])=S)c1CCCCCCCCCCCCCCCCCC.NC([O-])=S.[Zn+2]. The molecule has 3 N–H and O–H groups in total. The van der Waals surface area contributed by atoms with Crippen LogP contribution in [0.15, 0.2) is 18.2 Å². The van der Waals surface area contributed by atoms with Gasteiger partial charge in [0, 0.05) is 16.0 Å². The largest absolute Gasteiger partial charge is 2.00 e. The van der Waals surface area contributed by atoms with Crippen molar-refractivity contribution in [1.29, 1.82) is 0 Å². The number of benzene rings is 1. The van der Waals surface area contributed by atoms with Gasteiger partial charge in [0.15, 0.2) is 0 Å². The summed E-state index contributed by atoms with van der Waals surface area (Å²) in [7, 11) is 0. The minimum Gasteiger partial charge on any atom is -0.852 e. The van der Waals surface area contributed by atoms with Gasteiger partial charge >= 0.3 is 19.5 Å². The van der Waals surface area contributed by atoms with Crippen LogP contribution in [0.5, 0.6) is 0 Å². The normalized spacial score (nSPS) is 10.7. The van der Waals surface area contributed by atoms with E-state index in [0.29, 0.717) is 0 Å². The van der Waals surface area contributed by atoms with Gasteiger partial charge in [0.25, 0.3) is 0 Å². The Kier molecular flexibility index (Phi) is 43.1. The number of rotatable bonds is 35. The van der Waals surface area contributed by atoms with E-state index in [4.69, 9.17) is 17.3 Å². The molecule has 0 fully saturated rings. The van der Waals surface area contributed by atoms with Crippen LogP contribution in [0.2, 0.25) is 0 Å². The first kappa shape index (κ1) is 52.3. The molecule has 0 aliphatic heterocycles. The van der Waals surface area contributed by atoms with Crippen LogP contribution in [-0.2, 0) is 32.3 Å². The van der Waals surface area contributed by atoms with Crippen LogP contribution in [0.3, 0.4) is 0 Å². The number of thiocarbonyl (C=S) groups is 2. The maximum absolute atomic E-state index is 11.7. The van der Waals surface area contributed by atoms with Crippen molar-refractivity contribution < 1.29 is 29.7 Å². The van der Waals surface area contributed by atoms with Crippen LogP contribution in [0.1, 0.15) is 230 Å². The van der Waals surface area contributed by atoms with Crippen LogP contribution in [0.25, 0.3) is 0 Å². The molecule has 0 unspecified atom stereocenters. The van der Waals surface area contributed by atoms with Crippen molar-refractivity contribution in [1.82, 2.24) is 0 Å². The van der Waals surface area contributed by atoms with E-state index in [1.54, 1.807) is 0 Å².